The summed E-state index contributed by atoms with van der Waals surface area (Å²) >= 11 is 5.86. The van der Waals surface area contributed by atoms with Crippen molar-refractivity contribution in [1.82, 2.24) is 14.8 Å². The maximum absolute atomic E-state index is 13.4. The minimum Gasteiger partial charge on any atom is -0.493 e. The molecule has 2 heterocycles. The van der Waals surface area contributed by atoms with Crippen molar-refractivity contribution in [3.63, 3.8) is 0 Å². The van der Waals surface area contributed by atoms with E-state index in [0.717, 1.165) is 21.9 Å². The molecule has 0 fully saturated rings. The minimum absolute atomic E-state index is 0.261. The lowest BCUT2D eigenvalue weighted by atomic mass is 10.0. The quantitative estimate of drug-likeness (QED) is 0.278. The molecule has 36 heavy (non-hydrogen) atoms. The molecule has 0 spiro atoms. The second-order valence-corrected chi connectivity index (χ2v) is 8.43. The molecule has 3 aromatic carbocycles. The predicted octanol–water partition coefficient (Wildman–Crippen LogP) is 5.69. The molecule has 2 aromatic heterocycles. The van der Waals surface area contributed by atoms with Gasteiger partial charge in [0.25, 0.3) is 5.24 Å². The number of carbonyl (C=O) groups is 1. The van der Waals surface area contributed by atoms with Crippen LogP contribution in [0, 0.1) is 17.1 Å². The van der Waals surface area contributed by atoms with E-state index < -0.39 is 17.2 Å². The standard InChI is InChI=1S/C27H18ClFN4O3/c1-33-21-14-31-20-12-22(35-2)23(36-26(27(28)34)17-7-9-18(29)10-8-17)11-19(20)24(21)25(32-33)16-5-3-15(13-30)4-6-16/h3-12,14,26H,1-2H3. The molecule has 0 saturated carbocycles. The molecule has 0 saturated heterocycles. The number of pyridine rings is 1. The number of ether oxygens (including phenoxy) is 2. The Kier molecular flexibility index (Phi) is 6.00. The molecule has 0 radical (unpaired) electrons. The third-order valence-corrected chi connectivity index (χ3v) is 6.08. The van der Waals surface area contributed by atoms with Gasteiger partial charge >= 0.3 is 0 Å². The van der Waals surface area contributed by atoms with E-state index in [-0.39, 0.29) is 5.75 Å². The van der Waals surface area contributed by atoms with Crippen molar-refractivity contribution in [2.45, 2.75) is 6.10 Å². The summed E-state index contributed by atoms with van der Waals surface area (Å²) in [6, 6.07) is 18.0. The molecule has 0 aliphatic heterocycles. The smallest absolute Gasteiger partial charge is 0.267 e. The summed E-state index contributed by atoms with van der Waals surface area (Å²) in [6.07, 6.45) is 0.541. The van der Waals surface area contributed by atoms with E-state index in [0.29, 0.717) is 28.1 Å². The molecule has 0 amide bonds. The van der Waals surface area contributed by atoms with Gasteiger partial charge in [0, 0.05) is 35.0 Å². The zero-order chi connectivity index (χ0) is 25.4. The fourth-order valence-electron chi connectivity index (χ4n) is 4.10. The van der Waals surface area contributed by atoms with Crippen molar-refractivity contribution in [3.05, 3.63) is 83.8 Å². The Labute approximate surface area is 210 Å². The van der Waals surface area contributed by atoms with Crippen molar-refractivity contribution in [3.8, 4) is 28.8 Å². The molecule has 5 rings (SSSR count). The van der Waals surface area contributed by atoms with Crippen LogP contribution in [0.4, 0.5) is 4.39 Å². The second-order valence-electron chi connectivity index (χ2n) is 8.05. The number of aryl methyl sites for hydroxylation is 1. The molecule has 0 N–H and O–H groups in total. The lowest BCUT2D eigenvalue weighted by Crippen LogP contribution is -2.15. The monoisotopic (exact) mass is 500 g/mol. The van der Waals surface area contributed by atoms with Gasteiger partial charge in [0.05, 0.1) is 36.0 Å². The molecule has 1 atom stereocenters. The van der Waals surface area contributed by atoms with E-state index in [1.807, 2.05) is 19.2 Å². The van der Waals surface area contributed by atoms with E-state index in [1.165, 1.54) is 31.4 Å². The van der Waals surface area contributed by atoms with Crippen LogP contribution in [0.5, 0.6) is 11.5 Å². The van der Waals surface area contributed by atoms with Crippen molar-refractivity contribution in [2.24, 2.45) is 7.05 Å². The molecule has 1 unspecified atom stereocenters. The topological polar surface area (TPSA) is 90.0 Å². The van der Waals surface area contributed by atoms with Crippen LogP contribution in [-0.2, 0) is 11.8 Å². The first kappa shape index (κ1) is 23.3. The highest BCUT2D eigenvalue weighted by atomic mass is 35.5. The normalized spacial score (nSPS) is 11.9. The summed E-state index contributed by atoms with van der Waals surface area (Å²) in [6.45, 7) is 0. The van der Waals surface area contributed by atoms with Crippen LogP contribution in [0.1, 0.15) is 17.2 Å². The number of carbonyl (C=O) groups excluding carboxylic acids is 1. The second kappa shape index (κ2) is 9.29. The number of nitrogens with zero attached hydrogens (tertiary/aromatic N) is 4. The molecular weight excluding hydrogens is 483 g/mol. The van der Waals surface area contributed by atoms with Gasteiger partial charge in [-0.15, -0.1) is 0 Å². The van der Waals surface area contributed by atoms with Gasteiger partial charge in [-0.3, -0.25) is 14.5 Å². The number of hydrogen-bond donors (Lipinski definition) is 0. The Morgan fingerprint density at radius 2 is 1.83 bits per heavy atom. The van der Waals surface area contributed by atoms with E-state index in [9.17, 15) is 9.18 Å². The summed E-state index contributed by atoms with van der Waals surface area (Å²) in [5, 5.41) is 14.6. The Bertz CT molecular complexity index is 1660. The maximum atomic E-state index is 13.4. The van der Waals surface area contributed by atoms with Crippen LogP contribution in [0.3, 0.4) is 0 Å². The third kappa shape index (κ3) is 4.10. The largest absolute Gasteiger partial charge is 0.493 e. The van der Waals surface area contributed by atoms with Crippen molar-refractivity contribution < 1.29 is 18.7 Å². The van der Waals surface area contributed by atoms with E-state index in [4.69, 9.17) is 31.4 Å². The van der Waals surface area contributed by atoms with Gasteiger partial charge < -0.3 is 9.47 Å². The lowest BCUT2D eigenvalue weighted by Gasteiger charge is -2.18. The molecule has 178 valence electrons. The molecule has 7 nitrogen and oxygen atoms in total. The Balaban J connectivity index is 1.70. The number of halogens is 2. The van der Waals surface area contributed by atoms with Gasteiger partial charge in [-0.05, 0) is 41.9 Å². The van der Waals surface area contributed by atoms with Gasteiger partial charge in [0.1, 0.15) is 11.5 Å². The van der Waals surface area contributed by atoms with Crippen molar-refractivity contribution in [1.29, 1.82) is 5.26 Å². The zero-order valence-corrected chi connectivity index (χ0v) is 20.0. The summed E-state index contributed by atoms with van der Waals surface area (Å²) in [5.74, 6) is 0.170. The van der Waals surface area contributed by atoms with E-state index in [1.54, 1.807) is 35.1 Å². The fourth-order valence-corrected chi connectivity index (χ4v) is 4.27. The summed E-state index contributed by atoms with van der Waals surface area (Å²) in [5.41, 5.74) is 3.87. The molecule has 0 aliphatic rings. The molecule has 9 heteroatoms. The molecule has 5 aromatic rings. The number of rotatable bonds is 6. The summed E-state index contributed by atoms with van der Waals surface area (Å²) < 4.78 is 26.7. The highest BCUT2D eigenvalue weighted by Crippen LogP contribution is 2.40. The van der Waals surface area contributed by atoms with Crippen LogP contribution in [0.15, 0.2) is 66.9 Å². The van der Waals surface area contributed by atoms with Gasteiger partial charge in [-0.1, -0.05) is 24.3 Å². The maximum Gasteiger partial charge on any atom is 0.267 e. The van der Waals surface area contributed by atoms with Crippen LogP contribution in [0.2, 0.25) is 0 Å². The summed E-state index contributed by atoms with van der Waals surface area (Å²) in [7, 11) is 3.30. The van der Waals surface area contributed by atoms with Crippen molar-refractivity contribution >= 4 is 38.6 Å². The Morgan fingerprint density at radius 1 is 1.11 bits per heavy atom. The number of hydrogen-bond acceptors (Lipinski definition) is 6. The molecular formula is C27H18ClFN4O3. The van der Waals surface area contributed by atoms with Gasteiger partial charge in [0.15, 0.2) is 17.6 Å². The first-order chi connectivity index (χ1) is 17.4. The van der Waals surface area contributed by atoms with Crippen LogP contribution in [-0.4, -0.2) is 27.1 Å². The van der Waals surface area contributed by atoms with Crippen molar-refractivity contribution in [2.75, 3.05) is 7.11 Å². The predicted molar refractivity (Wildman–Crippen MR) is 133 cm³/mol. The highest BCUT2D eigenvalue weighted by Gasteiger charge is 2.24. The third-order valence-electron chi connectivity index (χ3n) is 5.88. The average molecular weight is 501 g/mol. The molecule has 0 bridgehead atoms. The first-order valence-corrected chi connectivity index (χ1v) is 11.2. The number of methoxy groups -OCH3 is 1. The zero-order valence-electron chi connectivity index (χ0n) is 19.2. The van der Waals surface area contributed by atoms with Gasteiger partial charge in [0.2, 0.25) is 0 Å². The highest BCUT2D eigenvalue weighted by molar-refractivity contribution is 6.64. The first-order valence-electron chi connectivity index (χ1n) is 10.8. The Hall–Kier alpha value is -4.48. The fraction of sp³-hybridized carbons (Fsp3) is 0.111. The van der Waals surface area contributed by atoms with Crippen LogP contribution in [0.25, 0.3) is 33.1 Å². The van der Waals surface area contributed by atoms with Gasteiger partial charge in [-0.25, -0.2) is 4.39 Å². The number of nitriles is 1. The molecule has 0 aliphatic carbocycles. The Morgan fingerprint density at radius 3 is 2.47 bits per heavy atom. The van der Waals surface area contributed by atoms with Gasteiger partial charge in [-0.2, -0.15) is 10.4 Å². The minimum atomic E-state index is -1.18. The van der Waals surface area contributed by atoms with Crippen LogP contribution >= 0.6 is 11.6 Å². The number of benzene rings is 3. The van der Waals surface area contributed by atoms with Crippen LogP contribution < -0.4 is 9.47 Å². The number of aromatic nitrogens is 3. The average Bonchev–Trinajstić information content (AvgIpc) is 3.24. The SMILES string of the molecule is COc1cc2ncc3c(c(-c4ccc(C#N)cc4)nn3C)c2cc1OC(C(=O)Cl)c1ccc(F)cc1. The van der Waals surface area contributed by atoms with E-state index >= 15 is 0 Å². The lowest BCUT2D eigenvalue weighted by molar-refractivity contribution is -0.118. The number of fused-ring (bicyclic) bond motifs is 3. The van der Waals surface area contributed by atoms with E-state index in [2.05, 4.69) is 11.1 Å². The summed E-state index contributed by atoms with van der Waals surface area (Å²) in [4.78, 5) is 16.8.